The van der Waals surface area contributed by atoms with Gasteiger partial charge in [-0.05, 0) is 45.1 Å². The monoisotopic (exact) mass is 571 g/mol. The first-order chi connectivity index (χ1) is 17.8. The zero-order valence-corrected chi connectivity index (χ0v) is 22.6. The Kier molecular flexibility index (Phi) is 9.28. The fraction of sp³-hybridized carbons (Fsp3) is 0.458. The number of ether oxygens (including phenoxy) is 2. The molecule has 5 atom stereocenters. The normalized spacial score (nSPS) is 25.7. The molecule has 1 aromatic carbocycles. The molecule has 1 saturated heterocycles. The van der Waals surface area contributed by atoms with E-state index in [0.717, 1.165) is 16.8 Å². The lowest BCUT2D eigenvalue weighted by atomic mass is 9.92. The molecule has 3 rings (SSSR count). The van der Waals surface area contributed by atoms with E-state index in [2.05, 4.69) is 10.1 Å². The highest BCUT2D eigenvalue weighted by molar-refractivity contribution is 7.71. The van der Waals surface area contributed by atoms with Gasteiger partial charge >= 0.3 is 13.7 Å². The number of halogens is 2. The van der Waals surface area contributed by atoms with Gasteiger partial charge < -0.3 is 14.0 Å². The average Bonchev–Trinajstić information content (AvgIpc) is 2.85. The van der Waals surface area contributed by atoms with Crippen molar-refractivity contribution in [3.05, 3.63) is 57.7 Å². The number of para-hydroxylation sites is 1. The highest BCUT2D eigenvalue weighted by Gasteiger charge is 2.53. The fourth-order valence-electron chi connectivity index (χ4n) is 3.50. The SMILES string of the molecule is C#CC1(F)CC[C@@](F)(COP(=O)(N[C@@H](C)C(=O)OC(C)C)Oc2ccccc2)O[C@H]1n1ccc(=O)[nH]c1=S. The third-order valence-corrected chi connectivity index (χ3v) is 7.33. The zero-order chi connectivity index (χ0) is 28.1. The summed E-state index contributed by atoms with van der Waals surface area (Å²) < 4.78 is 67.2. The lowest BCUT2D eigenvalue weighted by Gasteiger charge is -2.42. The molecular weight excluding hydrogens is 543 g/mol. The Morgan fingerprint density at radius 2 is 2.00 bits per heavy atom. The Balaban J connectivity index is 1.85. The predicted octanol–water partition coefficient (Wildman–Crippen LogP) is 4.36. The Labute approximate surface area is 223 Å². The van der Waals surface area contributed by atoms with Crippen molar-refractivity contribution in [2.75, 3.05) is 6.61 Å². The summed E-state index contributed by atoms with van der Waals surface area (Å²) in [5.74, 6) is -1.37. The third kappa shape index (κ3) is 7.36. The average molecular weight is 572 g/mol. The van der Waals surface area contributed by atoms with E-state index >= 15 is 8.78 Å². The largest absolute Gasteiger partial charge is 0.462 e. The summed E-state index contributed by atoms with van der Waals surface area (Å²) in [4.78, 5) is 26.1. The summed E-state index contributed by atoms with van der Waals surface area (Å²) in [6, 6.07) is 7.75. The number of terminal acetylenes is 1. The number of nitrogens with zero attached hydrogens (tertiary/aromatic N) is 1. The molecule has 0 spiro atoms. The van der Waals surface area contributed by atoms with Gasteiger partial charge in [-0.2, -0.15) is 5.09 Å². The van der Waals surface area contributed by atoms with Crippen LogP contribution in [0.4, 0.5) is 8.78 Å². The van der Waals surface area contributed by atoms with Gasteiger partial charge in [0.15, 0.2) is 11.0 Å². The number of hydrogen-bond donors (Lipinski definition) is 2. The molecular formula is C24H28F2N3O7PS. The molecule has 0 saturated carbocycles. The molecule has 38 heavy (non-hydrogen) atoms. The maximum Gasteiger partial charge on any atom is 0.459 e. The summed E-state index contributed by atoms with van der Waals surface area (Å²) in [5, 5.41) is 2.44. The second kappa shape index (κ2) is 11.9. The van der Waals surface area contributed by atoms with Crippen LogP contribution in [0.2, 0.25) is 0 Å². The van der Waals surface area contributed by atoms with Crippen LogP contribution in [-0.2, 0) is 23.4 Å². The molecule has 1 fully saturated rings. The number of alkyl halides is 2. The number of H-pyrrole nitrogens is 1. The van der Waals surface area contributed by atoms with Crippen molar-refractivity contribution in [1.29, 1.82) is 0 Å². The van der Waals surface area contributed by atoms with Gasteiger partial charge in [0, 0.05) is 25.1 Å². The van der Waals surface area contributed by atoms with E-state index in [-0.39, 0.29) is 10.5 Å². The van der Waals surface area contributed by atoms with E-state index < -0.39 is 68.6 Å². The van der Waals surface area contributed by atoms with Crippen molar-refractivity contribution in [1.82, 2.24) is 14.6 Å². The first-order valence-electron chi connectivity index (χ1n) is 11.6. The van der Waals surface area contributed by atoms with E-state index in [9.17, 15) is 14.2 Å². The van der Waals surface area contributed by atoms with Crippen LogP contribution in [0.1, 0.15) is 39.8 Å². The summed E-state index contributed by atoms with van der Waals surface area (Å²) in [6.45, 7) is 3.65. The number of aromatic nitrogens is 2. The van der Waals surface area contributed by atoms with Crippen LogP contribution >= 0.6 is 20.0 Å². The van der Waals surface area contributed by atoms with Crippen molar-refractivity contribution < 1.29 is 36.7 Å². The van der Waals surface area contributed by atoms with Gasteiger partial charge in [0.2, 0.25) is 11.5 Å². The van der Waals surface area contributed by atoms with Crippen LogP contribution in [0.15, 0.2) is 47.4 Å². The van der Waals surface area contributed by atoms with Crippen LogP contribution in [0.5, 0.6) is 5.75 Å². The molecule has 10 nitrogen and oxygen atoms in total. The minimum atomic E-state index is -4.43. The first-order valence-corrected chi connectivity index (χ1v) is 13.6. The van der Waals surface area contributed by atoms with Crippen molar-refractivity contribution in [3.8, 4) is 18.1 Å². The molecule has 2 unspecified atom stereocenters. The van der Waals surface area contributed by atoms with Crippen LogP contribution in [-0.4, -0.2) is 45.8 Å². The molecule has 2 N–H and O–H groups in total. The summed E-state index contributed by atoms with van der Waals surface area (Å²) in [7, 11) is -4.43. The van der Waals surface area contributed by atoms with Gasteiger partial charge in [-0.3, -0.25) is 23.7 Å². The lowest BCUT2D eigenvalue weighted by molar-refractivity contribution is -0.275. The van der Waals surface area contributed by atoms with E-state index in [4.69, 9.17) is 37.2 Å². The van der Waals surface area contributed by atoms with E-state index in [0.29, 0.717) is 0 Å². The Bertz CT molecular complexity index is 1350. The molecule has 0 amide bonds. The van der Waals surface area contributed by atoms with Crippen LogP contribution in [0, 0.1) is 17.1 Å². The second-order valence-electron chi connectivity index (χ2n) is 8.89. The minimum Gasteiger partial charge on any atom is -0.462 e. The van der Waals surface area contributed by atoms with Crippen LogP contribution < -0.4 is 15.2 Å². The second-order valence-corrected chi connectivity index (χ2v) is 11.0. The summed E-state index contributed by atoms with van der Waals surface area (Å²) in [6.07, 6.45) is 3.20. The quantitative estimate of drug-likeness (QED) is 0.186. The molecule has 2 aromatic rings. The van der Waals surface area contributed by atoms with Gasteiger partial charge in [0.1, 0.15) is 18.4 Å². The number of aromatic amines is 1. The van der Waals surface area contributed by atoms with Crippen LogP contribution in [0.25, 0.3) is 0 Å². The van der Waals surface area contributed by atoms with E-state index in [1.54, 1.807) is 32.0 Å². The molecule has 14 heteroatoms. The Morgan fingerprint density at radius 3 is 2.61 bits per heavy atom. The van der Waals surface area contributed by atoms with Crippen molar-refractivity contribution in [3.63, 3.8) is 0 Å². The molecule has 0 bridgehead atoms. The van der Waals surface area contributed by atoms with Gasteiger partial charge in [0.25, 0.3) is 5.56 Å². The highest BCUT2D eigenvalue weighted by Crippen LogP contribution is 2.49. The Hall–Kier alpha value is -2.88. The number of benzene rings is 1. The van der Waals surface area contributed by atoms with E-state index in [1.807, 2.05) is 5.92 Å². The topological polar surface area (TPSA) is 121 Å². The molecule has 2 heterocycles. The molecule has 1 aromatic heterocycles. The van der Waals surface area contributed by atoms with Gasteiger partial charge in [-0.1, -0.05) is 24.1 Å². The first kappa shape index (κ1) is 29.7. The summed E-state index contributed by atoms with van der Waals surface area (Å²) in [5.41, 5.74) is -3.04. The molecule has 206 valence electrons. The fourth-order valence-corrected chi connectivity index (χ4v) is 5.28. The van der Waals surface area contributed by atoms with Crippen LogP contribution in [0.3, 0.4) is 0 Å². The molecule has 1 aliphatic heterocycles. The Morgan fingerprint density at radius 1 is 1.32 bits per heavy atom. The smallest absolute Gasteiger partial charge is 0.459 e. The third-order valence-electron chi connectivity index (χ3n) is 5.40. The maximum absolute atomic E-state index is 15.9. The number of rotatable bonds is 10. The van der Waals surface area contributed by atoms with Gasteiger partial charge in [-0.25, -0.2) is 13.3 Å². The standard InChI is InChI=1S/C24H28F2N3O7PS/c1-5-23(25)12-13-24(26,35-21(23)29-14-11-19(30)27-22(29)38)15-33-37(32,36-18-9-7-6-8-10-18)28-17(4)20(31)34-16(2)3/h1,6-11,14,16-17,21H,12-13,15H2,2-4H3,(H,28,32)(H,27,30,38)/t17-,21+,23?,24-,37?/m0/s1. The summed E-state index contributed by atoms with van der Waals surface area (Å²) >= 11 is 5.06. The van der Waals surface area contributed by atoms with Crippen molar-refractivity contribution in [2.45, 2.75) is 63.5 Å². The van der Waals surface area contributed by atoms with Crippen molar-refractivity contribution >= 4 is 25.9 Å². The number of nitrogens with one attached hydrogen (secondary N) is 2. The minimum absolute atomic E-state index is 0.109. The zero-order valence-electron chi connectivity index (χ0n) is 20.9. The maximum atomic E-state index is 15.9. The number of esters is 1. The number of carbonyl (C=O) groups excluding carboxylic acids is 1. The number of carbonyl (C=O) groups is 1. The van der Waals surface area contributed by atoms with Gasteiger partial charge in [0.05, 0.1) is 6.10 Å². The number of hydrogen-bond acceptors (Lipinski definition) is 8. The van der Waals surface area contributed by atoms with Gasteiger partial charge in [-0.15, -0.1) is 6.42 Å². The molecule has 1 aliphatic rings. The lowest BCUT2D eigenvalue weighted by Crippen LogP contribution is -2.50. The van der Waals surface area contributed by atoms with Crippen molar-refractivity contribution in [2.24, 2.45) is 0 Å². The predicted molar refractivity (Wildman–Crippen MR) is 136 cm³/mol. The van der Waals surface area contributed by atoms with E-state index in [1.165, 1.54) is 19.1 Å². The molecule has 0 aliphatic carbocycles. The highest BCUT2D eigenvalue weighted by atomic mass is 32.1. The molecule has 0 radical (unpaired) electrons.